The van der Waals surface area contributed by atoms with Gasteiger partial charge in [0.1, 0.15) is 5.75 Å². The Morgan fingerprint density at radius 3 is 2.55 bits per heavy atom. The summed E-state index contributed by atoms with van der Waals surface area (Å²) in [5, 5.41) is 0. The van der Waals surface area contributed by atoms with E-state index in [9.17, 15) is 0 Å². The molecule has 0 spiro atoms. The number of methoxy groups -OCH3 is 1. The maximum absolute atomic E-state index is 5.65. The van der Waals surface area contributed by atoms with E-state index in [4.69, 9.17) is 10.5 Å². The SMILES string of the molecule is COc1cccc(N(CCCN)Cc2ccccc2)c1. The van der Waals surface area contributed by atoms with E-state index in [1.807, 2.05) is 18.2 Å². The van der Waals surface area contributed by atoms with Gasteiger partial charge in [-0.2, -0.15) is 0 Å². The zero-order valence-corrected chi connectivity index (χ0v) is 12.0. The molecule has 0 aliphatic carbocycles. The van der Waals surface area contributed by atoms with Crippen molar-refractivity contribution in [2.75, 3.05) is 25.1 Å². The van der Waals surface area contributed by atoms with Gasteiger partial charge in [-0.25, -0.2) is 0 Å². The van der Waals surface area contributed by atoms with E-state index < -0.39 is 0 Å². The van der Waals surface area contributed by atoms with E-state index in [-0.39, 0.29) is 0 Å². The van der Waals surface area contributed by atoms with Gasteiger partial charge in [-0.15, -0.1) is 0 Å². The van der Waals surface area contributed by atoms with Crippen LogP contribution in [-0.2, 0) is 6.54 Å². The van der Waals surface area contributed by atoms with Crippen molar-refractivity contribution in [1.29, 1.82) is 0 Å². The summed E-state index contributed by atoms with van der Waals surface area (Å²) in [4.78, 5) is 2.34. The molecule has 0 saturated heterocycles. The molecule has 3 heteroatoms. The van der Waals surface area contributed by atoms with E-state index >= 15 is 0 Å². The Hall–Kier alpha value is -2.00. The molecule has 0 saturated carbocycles. The molecule has 0 bridgehead atoms. The molecule has 2 rings (SSSR count). The lowest BCUT2D eigenvalue weighted by Crippen LogP contribution is -2.25. The molecule has 0 radical (unpaired) electrons. The van der Waals surface area contributed by atoms with Crippen LogP contribution in [-0.4, -0.2) is 20.2 Å². The maximum atomic E-state index is 5.65. The Labute approximate surface area is 121 Å². The van der Waals surface area contributed by atoms with Crippen molar-refractivity contribution >= 4 is 5.69 Å². The highest BCUT2D eigenvalue weighted by atomic mass is 16.5. The first kappa shape index (κ1) is 14.4. The number of benzene rings is 2. The minimum Gasteiger partial charge on any atom is -0.497 e. The van der Waals surface area contributed by atoms with Crippen LogP contribution in [0.4, 0.5) is 5.69 Å². The van der Waals surface area contributed by atoms with Crippen LogP contribution in [0.5, 0.6) is 5.75 Å². The molecule has 2 aromatic carbocycles. The topological polar surface area (TPSA) is 38.5 Å². The molecule has 0 atom stereocenters. The van der Waals surface area contributed by atoms with Crippen LogP contribution in [0, 0.1) is 0 Å². The van der Waals surface area contributed by atoms with E-state index in [1.54, 1.807) is 7.11 Å². The van der Waals surface area contributed by atoms with E-state index in [1.165, 1.54) is 11.3 Å². The Morgan fingerprint density at radius 1 is 1.05 bits per heavy atom. The van der Waals surface area contributed by atoms with E-state index in [2.05, 4.69) is 41.3 Å². The van der Waals surface area contributed by atoms with Gasteiger partial charge in [-0.05, 0) is 30.7 Å². The molecule has 3 nitrogen and oxygen atoms in total. The molecule has 0 fully saturated rings. The van der Waals surface area contributed by atoms with Crippen LogP contribution in [0.25, 0.3) is 0 Å². The molecular formula is C17H22N2O. The number of hydrogen-bond donors (Lipinski definition) is 1. The van der Waals surface area contributed by atoms with Gasteiger partial charge in [0.25, 0.3) is 0 Å². The highest BCUT2D eigenvalue weighted by Gasteiger charge is 2.08. The number of hydrogen-bond acceptors (Lipinski definition) is 3. The monoisotopic (exact) mass is 270 g/mol. The molecular weight excluding hydrogens is 248 g/mol. The smallest absolute Gasteiger partial charge is 0.120 e. The molecule has 20 heavy (non-hydrogen) atoms. The largest absolute Gasteiger partial charge is 0.497 e. The van der Waals surface area contributed by atoms with Crippen molar-refractivity contribution in [2.45, 2.75) is 13.0 Å². The average Bonchev–Trinajstić information content (AvgIpc) is 2.52. The molecule has 2 N–H and O–H groups in total. The van der Waals surface area contributed by atoms with Crippen LogP contribution in [0.2, 0.25) is 0 Å². The fourth-order valence-electron chi connectivity index (χ4n) is 2.19. The van der Waals surface area contributed by atoms with E-state index in [0.717, 1.165) is 25.3 Å². The first-order chi connectivity index (χ1) is 9.83. The second kappa shape index (κ2) is 7.56. The number of rotatable bonds is 7. The zero-order chi connectivity index (χ0) is 14.2. The number of anilines is 1. The Morgan fingerprint density at radius 2 is 1.85 bits per heavy atom. The second-order valence-corrected chi connectivity index (χ2v) is 4.75. The normalized spacial score (nSPS) is 10.3. The zero-order valence-electron chi connectivity index (χ0n) is 12.0. The number of ether oxygens (including phenoxy) is 1. The van der Waals surface area contributed by atoms with Crippen molar-refractivity contribution in [3.8, 4) is 5.75 Å². The first-order valence-electron chi connectivity index (χ1n) is 6.96. The standard InChI is InChI=1S/C17H22N2O/c1-20-17-10-5-9-16(13-17)19(12-6-11-18)14-15-7-3-2-4-8-15/h2-5,7-10,13H,6,11-12,14,18H2,1H3. The summed E-state index contributed by atoms with van der Waals surface area (Å²) in [6.45, 7) is 2.53. The third-order valence-electron chi connectivity index (χ3n) is 3.27. The Kier molecular flexibility index (Phi) is 5.44. The summed E-state index contributed by atoms with van der Waals surface area (Å²) in [5.41, 5.74) is 8.12. The van der Waals surface area contributed by atoms with Gasteiger partial charge >= 0.3 is 0 Å². The van der Waals surface area contributed by atoms with Gasteiger partial charge in [0, 0.05) is 24.8 Å². The molecule has 2 aromatic rings. The molecule has 0 aromatic heterocycles. The molecule has 106 valence electrons. The summed E-state index contributed by atoms with van der Waals surface area (Å²) in [6.07, 6.45) is 0.976. The predicted octanol–water partition coefficient (Wildman–Crippen LogP) is 3.05. The van der Waals surface area contributed by atoms with Gasteiger partial charge in [-0.1, -0.05) is 36.4 Å². The summed E-state index contributed by atoms with van der Waals surface area (Å²) in [6, 6.07) is 18.7. The van der Waals surface area contributed by atoms with Gasteiger partial charge in [0.2, 0.25) is 0 Å². The third kappa shape index (κ3) is 4.00. The second-order valence-electron chi connectivity index (χ2n) is 4.75. The van der Waals surface area contributed by atoms with Gasteiger partial charge in [0.05, 0.1) is 7.11 Å². The van der Waals surface area contributed by atoms with Gasteiger partial charge < -0.3 is 15.4 Å². The molecule has 0 heterocycles. The predicted molar refractivity (Wildman–Crippen MR) is 84.2 cm³/mol. The molecule has 0 unspecified atom stereocenters. The average molecular weight is 270 g/mol. The summed E-state index contributed by atoms with van der Waals surface area (Å²) in [5.74, 6) is 0.883. The van der Waals surface area contributed by atoms with Gasteiger partial charge in [0.15, 0.2) is 0 Å². The van der Waals surface area contributed by atoms with Crippen LogP contribution in [0.15, 0.2) is 54.6 Å². The molecule has 0 aliphatic heterocycles. The highest BCUT2D eigenvalue weighted by Crippen LogP contribution is 2.22. The Balaban J connectivity index is 2.17. The maximum Gasteiger partial charge on any atom is 0.120 e. The molecule has 0 amide bonds. The fourth-order valence-corrected chi connectivity index (χ4v) is 2.19. The summed E-state index contributed by atoms with van der Waals surface area (Å²) < 4.78 is 5.31. The van der Waals surface area contributed by atoms with E-state index in [0.29, 0.717) is 6.54 Å². The summed E-state index contributed by atoms with van der Waals surface area (Å²) >= 11 is 0. The van der Waals surface area contributed by atoms with Crippen LogP contribution in [0.3, 0.4) is 0 Å². The third-order valence-corrected chi connectivity index (χ3v) is 3.27. The van der Waals surface area contributed by atoms with Gasteiger partial charge in [-0.3, -0.25) is 0 Å². The Bertz CT molecular complexity index is 513. The van der Waals surface area contributed by atoms with Crippen molar-refractivity contribution in [2.24, 2.45) is 5.73 Å². The fraction of sp³-hybridized carbons (Fsp3) is 0.294. The minimum atomic E-state index is 0.704. The van der Waals surface area contributed by atoms with Crippen LogP contribution >= 0.6 is 0 Å². The highest BCUT2D eigenvalue weighted by molar-refractivity contribution is 5.51. The lowest BCUT2D eigenvalue weighted by molar-refractivity contribution is 0.414. The van der Waals surface area contributed by atoms with Crippen molar-refractivity contribution < 1.29 is 4.74 Å². The van der Waals surface area contributed by atoms with Crippen molar-refractivity contribution in [1.82, 2.24) is 0 Å². The van der Waals surface area contributed by atoms with Crippen molar-refractivity contribution in [3.05, 3.63) is 60.2 Å². The minimum absolute atomic E-state index is 0.704. The molecule has 0 aliphatic rings. The first-order valence-corrected chi connectivity index (χ1v) is 6.96. The number of nitrogens with zero attached hydrogens (tertiary/aromatic N) is 1. The number of nitrogens with two attached hydrogens (primary N) is 1. The van der Waals surface area contributed by atoms with Crippen LogP contribution in [0.1, 0.15) is 12.0 Å². The van der Waals surface area contributed by atoms with Crippen molar-refractivity contribution in [3.63, 3.8) is 0 Å². The summed E-state index contributed by atoms with van der Waals surface area (Å²) in [7, 11) is 1.69. The lowest BCUT2D eigenvalue weighted by atomic mass is 10.2. The lowest BCUT2D eigenvalue weighted by Gasteiger charge is -2.25. The quantitative estimate of drug-likeness (QED) is 0.840. The van der Waals surface area contributed by atoms with Crippen LogP contribution < -0.4 is 15.4 Å².